The molecule has 0 radical (unpaired) electrons. The highest BCUT2D eigenvalue weighted by molar-refractivity contribution is 5.19. The average Bonchev–Trinajstić information content (AvgIpc) is 2.84. The Labute approximate surface area is 111 Å². The molecule has 3 rings (SSSR count). The number of aromatic nitrogens is 4. The summed E-state index contributed by atoms with van der Waals surface area (Å²) in [5.41, 5.74) is 3.01. The van der Waals surface area contributed by atoms with Gasteiger partial charge in [0.2, 0.25) is 0 Å². The largest absolute Gasteiger partial charge is 0.311 e. The molecule has 0 atom stereocenters. The molecular weight excluding hydrogens is 242 g/mol. The van der Waals surface area contributed by atoms with Crippen LogP contribution in [0.15, 0.2) is 23.5 Å². The van der Waals surface area contributed by atoms with Crippen LogP contribution in [0.1, 0.15) is 16.8 Å². The van der Waals surface area contributed by atoms with Crippen molar-refractivity contribution in [1.29, 1.82) is 0 Å². The molecular formula is C13H17N5O. The molecule has 1 N–H and O–H groups in total. The van der Waals surface area contributed by atoms with Crippen LogP contribution in [-0.2, 0) is 33.0 Å². The smallest absolute Gasteiger partial charge is 0.256 e. The molecule has 0 spiro atoms. The SMILES string of the molecule is Cn1cc(CCn2cnc3c(c2=O)CCNC3)cn1. The molecule has 3 heterocycles. The number of nitrogens with zero attached hydrogens (tertiary/aromatic N) is 4. The molecule has 2 aromatic rings. The minimum atomic E-state index is 0.107. The van der Waals surface area contributed by atoms with Gasteiger partial charge in [-0.3, -0.25) is 14.0 Å². The van der Waals surface area contributed by atoms with Crippen molar-refractivity contribution >= 4 is 0 Å². The first-order valence-electron chi connectivity index (χ1n) is 6.49. The Kier molecular flexibility index (Phi) is 3.16. The standard InChI is InChI=1S/C13H17N5O/c1-17-8-10(6-16-17)3-5-18-9-15-12-7-14-4-2-11(12)13(18)19/h6,8-9,14H,2-5,7H2,1H3. The summed E-state index contributed by atoms with van der Waals surface area (Å²) in [5, 5.41) is 7.35. The fraction of sp³-hybridized carbons (Fsp3) is 0.462. The van der Waals surface area contributed by atoms with E-state index in [2.05, 4.69) is 15.4 Å². The Balaban J connectivity index is 1.80. The lowest BCUT2D eigenvalue weighted by atomic mass is 10.1. The van der Waals surface area contributed by atoms with Crippen LogP contribution in [0.25, 0.3) is 0 Å². The zero-order valence-electron chi connectivity index (χ0n) is 11.0. The van der Waals surface area contributed by atoms with Gasteiger partial charge in [0.25, 0.3) is 5.56 Å². The quantitative estimate of drug-likeness (QED) is 0.833. The first kappa shape index (κ1) is 12.1. The van der Waals surface area contributed by atoms with Gasteiger partial charge in [-0.15, -0.1) is 0 Å². The zero-order valence-corrected chi connectivity index (χ0v) is 11.0. The summed E-state index contributed by atoms with van der Waals surface area (Å²) in [6.45, 7) is 2.21. The van der Waals surface area contributed by atoms with E-state index in [0.29, 0.717) is 13.1 Å². The molecule has 0 saturated carbocycles. The Bertz CT molecular complexity index is 643. The van der Waals surface area contributed by atoms with Crippen LogP contribution >= 0.6 is 0 Å². The van der Waals surface area contributed by atoms with Crippen LogP contribution in [0.3, 0.4) is 0 Å². The fourth-order valence-electron chi connectivity index (χ4n) is 2.40. The molecule has 0 saturated heterocycles. The first-order valence-corrected chi connectivity index (χ1v) is 6.49. The number of aryl methyl sites for hydroxylation is 3. The van der Waals surface area contributed by atoms with Crippen molar-refractivity contribution in [2.24, 2.45) is 7.05 Å². The predicted octanol–water partition coefficient (Wildman–Crippen LogP) is -0.135. The van der Waals surface area contributed by atoms with E-state index in [9.17, 15) is 4.79 Å². The molecule has 0 fully saturated rings. The third-order valence-electron chi connectivity index (χ3n) is 3.46. The van der Waals surface area contributed by atoms with Gasteiger partial charge in [0.15, 0.2) is 0 Å². The third kappa shape index (κ3) is 2.44. The summed E-state index contributed by atoms with van der Waals surface area (Å²) >= 11 is 0. The van der Waals surface area contributed by atoms with Gasteiger partial charge >= 0.3 is 0 Å². The minimum Gasteiger partial charge on any atom is -0.311 e. The van der Waals surface area contributed by atoms with Gasteiger partial charge < -0.3 is 5.32 Å². The molecule has 1 aliphatic rings. The van der Waals surface area contributed by atoms with Crippen LogP contribution in [-0.4, -0.2) is 25.9 Å². The maximum atomic E-state index is 12.3. The second-order valence-electron chi connectivity index (χ2n) is 4.87. The summed E-state index contributed by atoms with van der Waals surface area (Å²) in [6.07, 6.45) is 7.04. The van der Waals surface area contributed by atoms with Gasteiger partial charge in [-0.25, -0.2) is 4.98 Å². The zero-order chi connectivity index (χ0) is 13.2. The summed E-state index contributed by atoms with van der Waals surface area (Å²) in [4.78, 5) is 16.7. The number of hydrogen-bond acceptors (Lipinski definition) is 4. The maximum Gasteiger partial charge on any atom is 0.256 e. The molecule has 2 aromatic heterocycles. The van der Waals surface area contributed by atoms with Crippen LogP contribution in [0.5, 0.6) is 0 Å². The topological polar surface area (TPSA) is 64.7 Å². The van der Waals surface area contributed by atoms with Crippen LogP contribution in [0, 0.1) is 0 Å². The van der Waals surface area contributed by atoms with Gasteiger partial charge in [-0.2, -0.15) is 5.10 Å². The van der Waals surface area contributed by atoms with E-state index in [-0.39, 0.29) is 5.56 Å². The first-order chi connectivity index (χ1) is 9.24. The highest BCUT2D eigenvalue weighted by Gasteiger charge is 2.14. The fourth-order valence-corrected chi connectivity index (χ4v) is 2.40. The lowest BCUT2D eigenvalue weighted by Gasteiger charge is -2.16. The number of nitrogens with one attached hydrogen (secondary N) is 1. The van der Waals surface area contributed by atoms with Gasteiger partial charge in [0.05, 0.1) is 18.2 Å². The van der Waals surface area contributed by atoms with E-state index in [0.717, 1.165) is 36.2 Å². The molecule has 0 aromatic carbocycles. The van der Waals surface area contributed by atoms with Crippen molar-refractivity contribution in [3.8, 4) is 0 Å². The lowest BCUT2D eigenvalue weighted by Crippen LogP contribution is -2.34. The average molecular weight is 259 g/mol. The van der Waals surface area contributed by atoms with Gasteiger partial charge in [-0.05, 0) is 24.9 Å². The minimum absolute atomic E-state index is 0.107. The van der Waals surface area contributed by atoms with Crippen molar-refractivity contribution < 1.29 is 0 Å². The molecule has 0 aliphatic carbocycles. The Hall–Kier alpha value is -1.95. The Morgan fingerprint density at radius 1 is 1.47 bits per heavy atom. The number of hydrogen-bond donors (Lipinski definition) is 1. The van der Waals surface area contributed by atoms with Crippen LogP contribution < -0.4 is 10.9 Å². The number of fused-ring (bicyclic) bond motifs is 1. The molecule has 6 nitrogen and oxygen atoms in total. The second kappa shape index (κ2) is 4.97. The number of rotatable bonds is 3. The van der Waals surface area contributed by atoms with Crippen molar-refractivity contribution in [3.05, 3.63) is 45.9 Å². The summed E-state index contributed by atoms with van der Waals surface area (Å²) in [6, 6.07) is 0. The van der Waals surface area contributed by atoms with Crippen molar-refractivity contribution in [2.45, 2.75) is 25.9 Å². The summed E-state index contributed by atoms with van der Waals surface area (Å²) in [7, 11) is 1.89. The van der Waals surface area contributed by atoms with E-state index in [1.807, 2.05) is 19.4 Å². The molecule has 100 valence electrons. The lowest BCUT2D eigenvalue weighted by molar-refractivity contribution is 0.580. The third-order valence-corrected chi connectivity index (χ3v) is 3.46. The van der Waals surface area contributed by atoms with E-state index in [1.165, 1.54) is 0 Å². The predicted molar refractivity (Wildman–Crippen MR) is 70.8 cm³/mol. The Morgan fingerprint density at radius 3 is 3.16 bits per heavy atom. The second-order valence-corrected chi connectivity index (χ2v) is 4.87. The van der Waals surface area contributed by atoms with E-state index in [4.69, 9.17) is 0 Å². The van der Waals surface area contributed by atoms with Crippen molar-refractivity contribution in [3.63, 3.8) is 0 Å². The van der Waals surface area contributed by atoms with Crippen molar-refractivity contribution in [2.75, 3.05) is 6.54 Å². The van der Waals surface area contributed by atoms with Gasteiger partial charge in [0, 0.05) is 31.9 Å². The normalized spacial score (nSPS) is 14.4. The maximum absolute atomic E-state index is 12.3. The highest BCUT2D eigenvalue weighted by Crippen LogP contribution is 2.06. The van der Waals surface area contributed by atoms with E-state index >= 15 is 0 Å². The molecule has 1 aliphatic heterocycles. The van der Waals surface area contributed by atoms with E-state index < -0.39 is 0 Å². The van der Waals surface area contributed by atoms with Crippen LogP contribution in [0.4, 0.5) is 0 Å². The summed E-state index contributed by atoms with van der Waals surface area (Å²) < 4.78 is 3.48. The molecule has 6 heteroatoms. The van der Waals surface area contributed by atoms with Crippen LogP contribution in [0.2, 0.25) is 0 Å². The van der Waals surface area contributed by atoms with E-state index in [1.54, 1.807) is 15.6 Å². The van der Waals surface area contributed by atoms with Gasteiger partial charge in [-0.1, -0.05) is 0 Å². The molecule has 0 amide bonds. The molecule has 0 unspecified atom stereocenters. The Morgan fingerprint density at radius 2 is 2.37 bits per heavy atom. The highest BCUT2D eigenvalue weighted by atomic mass is 16.1. The summed E-state index contributed by atoms with van der Waals surface area (Å²) in [5.74, 6) is 0. The monoisotopic (exact) mass is 259 g/mol. The van der Waals surface area contributed by atoms with Crippen molar-refractivity contribution in [1.82, 2.24) is 24.6 Å². The molecule has 19 heavy (non-hydrogen) atoms. The van der Waals surface area contributed by atoms with Gasteiger partial charge in [0.1, 0.15) is 0 Å². The molecule has 0 bridgehead atoms.